The summed E-state index contributed by atoms with van der Waals surface area (Å²) in [6, 6.07) is 0. The summed E-state index contributed by atoms with van der Waals surface area (Å²) in [5.41, 5.74) is -0.642. The molecule has 2 N–H and O–H groups in total. The molecule has 0 bridgehead atoms. The number of aliphatic hydroxyl groups is 1. The van der Waals surface area contributed by atoms with Crippen molar-refractivity contribution in [2.24, 2.45) is 5.41 Å². The summed E-state index contributed by atoms with van der Waals surface area (Å²) < 4.78 is 0. The van der Waals surface area contributed by atoms with Gasteiger partial charge in [-0.25, -0.2) is 0 Å². The Morgan fingerprint density at radius 3 is 2.92 bits per heavy atom. The predicted molar refractivity (Wildman–Crippen MR) is 49.4 cm³/mol. The van der Waals surface area contributed by atoms with E-state index in [0.29, 0.717) is 19.3 Å². The summed E-state index contributed by atoms with van der Waals surface area (Å²) in [6.45, 7) is 1.76. The molecule has 74 valence electrons. The predicted octanol–water partition coefficient (Wildman–Crippen LogP) is 1.57. The molecule has 0 radical (unpaired) electrons. The van der Waals surface area contributed by atoms with E-state index in [1.807, 2.05) is 0 Å². The third-order valence-corrected chi connectivity index (χ3v) is 2.67. The van der Waals surface area contributed by atoms with Crippen molar-refractivity contribution in [2.75, 3.05) is 0 Å². The Labute approximate surface area is 78.1 Å². The first-order valence-corrected chi connectivity index (χ1v) is 4.63. The zero-order chi connectivity index (χ0) is 9.90. The van der Waals surface area contributed by atoms with Gasteiger partial charge in [0.05, 0.1) is 11.5 Å². The Morgan fingerprint density at radius 1 is 1.62 bits per heavy atom. The Hall–Kier alpha value is -0.830. The first kappa shape index (κ1) is 10.3. The quantitative estimate of drug-likeness (QED) is 0.608. The average molecular weight is 184 g/mol. The molecular formula is C10H16O3. The van der Waals surface area contributed by atoms with E-state index in [0.717, 1.165) is 6.42 Å². The molecule has 0 spiro atoms. The van der Waals surface area contributed by atoms with Crippen LogP contribution in [-0.2, 0) is 4.79 Å². The molecule has 1 unspecified atom stereocenters. The van der Waals surface area contributed by atoms with Crippen molar-refractivity contribution in [1.29, 1.82) is 0 Å². The Kier molecular flexibility index (Phi) is 3.09. The first-order valence-electron chi connectivity index (χ1n) is 4.63. The smallest absolute Gasteiger partial charge is 0.309 e. The molecule has 0 aromatic carbocycles. The van der Waals surface area contributed by atoms with Crippen LogP contribution < -0.4 is 0 Å². The molecule has 2 atom stereocenters. The summed E-state index contributed by atoms with van der Waals surface area (Å²) in [7, 11) is 0. The second-order valence-electron chi connectivity index (χ2n) is 3.96. The van der Waals surface area contributed by atoms with E-state index in [-0.39, 0.29) is 0 Å². The van der Waals surface area contributed by atoms with Crippen molar-refractivity contribution in [1.82, 2.24) is 0 Å². The van der Waals surface area contributed by atoms with Crippen molar-refractivity contribution >= 4 is 5.97 Å². The van der Waals surface area contributed by atoms with Crippen LogP contribution in [-0.4, -0.2) is 22.3 Å². The monoisotopic (exact) mass is 184 g/mol. The van der Waals surface area contributed by atoms with Crippen LogP contribution in [0.15, 0.2) is 12.2 Å². The normalized spacial score (nSPS) is 37.5. The number of hydrogen-bond donors (Lipinski definition) is 2. The van der Waals surface area contributed by atoms with Gasteiger partial charge in [0.2, 0.25) is 0 Å². The van der Waals surface area contributed by atoms with Gasteiger partial charge in [-0.2, -0.15) is 0 Å². The fraction of sp³-hybridized carbons (Fsp3) is 0.700. The molecule has 0 heterocycles. The lowest BCUT2D eigenvalue weighted by Crippen LogP contribution is -2.28. The fourth-order valence-corrected chi connectivity index (χ4v) is 1.58. The molecule has 13 heavy (non-hydrogen) atoms. The lowest BCUT2D eigenvalue weighted by molar-refractivity contribution is -0.148. The van der Waals surface area contributed by atoms with E-state index < -0.39 is 17.5 Å². The van der Waals surface area contributed by atoms with Gasteiger partial charge < -0.3 is 10.2 Å². The van der Waals surface area contributed by atoms with E-state index in [2.05, 4.69) is 0 Å². The van der Waals surface area contributed by atoms with E-state index in [9.17, 15) is 9.90 Å². The largest absolute Gasteiger partial charge is 0.481 e. The molecule has 0 amide bonds. The van der Waals surface area contributed by atoms with Gasteiger partial charge in [0.25, 0.3) is 0 Å². The lowest BCUT2D eigenvalue weighted by Gasteiger charge is -2.25. The Bertz CT molecular complexity index is 222. The minimum absolute atomic E-state index is 0.390. The summed E-state index contributed by atoms with van der Waals surface area (Å²) in [5.74, 6) is -0.742. The molecule has 0 fully saturated rings. The number of aliphatic carboxylic acids is 1. The second-order valence-corrected chi connectivity index (χ2v) is 3.96. The van der Waals surface area contributed by atoms with Gasteiger partial charge in [0.1, 0.15) is 0 Å². The molecule has 1 aliphatic rings. The van der Waals surface area contributed by atoms with E-state index in [1.165, 1.54) is 0 Å². The topological polar surface area (TPSA) is 57.5 Å². The third kappa shape index (κ3) is 2.56. The minimum Gasteiger partial charge on any atom is -0.481 e. The molecule has 3 nitrogen and oxygen atoms in total. The van der Waals surface area contributed by atoms with Crippen molar-refractivity contribution in [3.63, 3.8) is 0 Å². The minimum atomic E-state index is -0.742. The zero-order valence-corrected chi connectivity index (χ0v) is 7.86. The standard InChI is InChI=1S/C10H16O3/c1-10(9(12)13)6-2-4-8(11)5-3-7-10/h2,4,8,11H,3,5-7H2,1H3,(H,12,13)/b4-2-/t8-,10?/m1/s1. The highest BCUT2D eigenvalue weighted by molar-refractivity contribution is 5.74. The van der Waals surface area contributed by atoms with Gasteiger partial charge in [-0.05, 0) is 32.6 Å². The number of hydrogen-bond acceptors (Lipinski definition) is 2. The SMILES string of the molecule is CC1(C(=O)O)C/C=C\[C@@H](O)CCC1. The first-order chi connectivity index (χ1) is 6.04. The molecule has 3 heteroatoms. The van der Waals surface area contributed by atoms with Crippen molar-refractivity contribution < 1.29 is 15.0 Å². The number of rotatable bonds is 1. The van der Waals surface area contributed by atoms with Crippen LogP contribution in [0, 0.1) is 5.41 Å². The van der Waals surface area contributed by atoms with Crippen molar-refractivity contribution in [3.05, 3.63) is 12.2 Å². The van der Waals surface area contributed by atoms with Crippen LogP contribution in [0.4, 0.5) is 0 Å². The number of aliphatic hydroxyl groups excluding tert-OH is 1. The third-order valence-electron chi connectivity index (χ3n) is 2.67. The average Bonchev–Trinajstić information content (AvgIpc) is 2.01. The van der Waals surface area contributed by atoms with Gasteiger partial charge in [0, 0.05) is 0 Å². The highest BCUT2D eigenvalue weighted by Gasteiger charge is 2.32. The number of carboxylic acids is 1. The molecule has 1 aliphatic carbocycles. The van der Waals surface area contributed by atoms with E-state index in [4.69, 9.17) is 5.11 Å². The molecule has 1 rings (SSSR count). The van der Waals surface area contributed by atoms with Gasteiger partial charge >= 0.3 is 5.97 Å². The molecular weight excluding hydrogens is 168 g/mol. The van der Waals surface area contributed by atoms with Gasteiger partial charge in [-0.15, -0.1) is 0 Å². The van der Waals surface area contributed by atoms with E-state index in [1.54, 1.807) is 19.1 Å². The lowest BCUT2D eigenvalue weighted by atomic mass is 9.80. The molecule has 0 aliphatic heterocycles. The van der Waals surface area contributed by atoms with Gasteiger partial charge in [-0.3, -0.25) is 4.79 Å². The molecule has 0 saturated carbocycles. The maximum atomic E-state index is 10.9. The highest BCUT2D eigenvalue weighted by Crippen LogP contribution is 2.31. The summed E-state index contributed by atoms with van der Waals surface area (Å²) in [5, 5.41) is 18.3. The Balaban J connectivity index is 2.69. The second kappa shape index (κ2) is 3.92. The maximum absolute atomic E-state index is 10.9. The van der Waals surface area contributed by atoms with Gasteiger partial charge in [0.15, 0.2) is 0 Å². The molecule has 0 saturated heterocycles. The summed E-state index contributed by atoms with van der Waals surface area (Å²) >= 11 is 0. The van der Waals surface area contributed by atoms with Crippen molar-refractivity contribution in [2.45, 2.75) is 38.7 Å². The van der Waals surface area contributed by atoms with E-state index >= 15 is 0 Å². The van der Waals surface area contributed by atoms with Crippen LogP contribution in [0.3, 0.4) is 0 Å². The molecule has 0 aromatic heterocycles. The number of carboxylic acid groups (broad SMARTS) is 1. The number of allylic oxidation sites excluding steroid dienone is 1. The Morgan fingerprint density at radius 2 is 2.31 bits per heavy atom. The van der Waals surface area contributed by atoms with Crippen molar-refractivity contribution in [3.8, 4) is 0 Å². The van der Waals surface area contributed by atoms with Crippen LogP contribution >= 0.6 is 0 Å². The maximum Gasteiger partial charge on any atom is 0.309 e. The van der Waals surface area contributed by atoms with Crippen LogP contribution in [0.5, 0.6) is 0 Å². The zero-order valence-electron chi connectivity index (χ0n) is 7.86. The molecule has 0 aromatic rings. The van der Waals surface area contributed by atoms with Crippen LogP contribution in [0.2, 0.25) is 0 Å². The fourth-order valence-electron chi connectivity index (χ4n) is 1.58. The number of carbonyl (C=O) groups is 1. The highest BCUT2D eigenvalue weighted by atomic mass is 16.4. The summed E-state index contributed by atoms with van der Waals surface area (Å²) in [6.07, 6.45) is 5.67. The van der Waals surface area contributed by atoms with Crippen LogP contribution in [0.25, 0.3) is 0 Å². The van der Waals surface area contributed by atoms with Crippen LogP contribution in [0.1, 0.15) is 32.6 Å². The summed E-state index contributed by atoms with van der Waals surface area (Å²) in [4.78, 5) is 10.9. The van der Waals surface area contributed by atoms with Gasteiger partial charge in [-0.1, -0.05) is 12.2 Å².